The summed E-state index contributed by atoms with van der Waals surface area (Å²) in [5.41, 5.74) is 2.90. The van der Waals surface area contributed by atoms with Crippen molar-refractivity contribution in [2.75, 3.05) is 0 Å². The molecule has 0 saturated heterocycles. The summed E-state index contributed by atoms with van der Waals surface area (Å²) in [4.78, 5) is 8.28. The molecule has 2 rings (SSSR count). The molecule has 0 unspecified atom stereocenters. The van der Waals surface area contributed by atoms with Gasteiger partial charge in [-0.2, -0.15) is 0 Å². The Morgan fingerprint density at radius 1 is 1.62 bits per heavy atom. The molecule has 0 spiro atoms. The maximum Gasteiger partial charge on any atom is 0.120 e. The lowest BCUT2D eigenvalue weighted by Crippen LogP contribution is -1.51. The summed E-state index contributed by atoms with van der Waals surface area (Å²) >= 11 is 1.63. The lowest BCUT2D eigenvalue weighted by Gasteiger charge is -1.64. The number of fused-ring (bicyclic) bond motifs is 1. The number of H-pyrrole nitrogens is 1. The van der Waals surface area contributed by atoms with Gasteiger partial charge in [-0.3, -0.25) is 0 Å². The van der Waals surface area contributed by atoms with Gasteiger partial charge in [0.2, 0.25) is 0 Å². The Morgan fingerprint density at radius 2 is 2.62 bits per heavy atom. The Bertz CT molecular complexity index is 232. The predicted molar refractivity (Wildman–Crippen MR) is 34.0 cm³/mol. The van der Waals surface area contributed by atoms with Crippen LogP contribution in [0.5, 0.6) is 0 Å². The van der Waals surface area contributed by atoms with E-state index in [0.717, 1.165) is 10.3 Å². The second-order valence-corrected chi connectivity index (χ2v) is 2.40. The summed E-state index contributed by atoms with van der Waals surface area (Å²) in [5, 5.41) is 0. The summed E-state index contributed by atoms with van der Waals surface area (Å²) in [6.45, 7) is 0. The molecule has 0 bridgehead atoms. The molecule has 0 aliphatic rings. The van der Waals surface area contributed by atoms with Crippen LogP contribution in [0.3, 0.4) is 0 Å². The second-order valence-electron chi connectivity index (χ2n) is 1.54. The molecule has 2 heterocycles. The second kappa shape index (κ2) is 1.32. The van der Waals surface area contributed by atoms with Gasteiger partial charge in [0.1, 0.15) is 4.83 Å². The van der Waals surface area contributed by atoms with Crippen LogP contribution < -0.4 is 0 Å². The number of nitrogens with one attached hydrogen (secondary N) is 1. The van der Waals surface area contributed by atoms with E-state index in [1.807, 2.05) is 17.8 Å². The maximum absolute atomic E-state index is 4.07. The molecular formula is C5H4N2S. The lowest BCUT2D eigenvalue weighted by atomic mass is 10.6. The highest BCUT2D eigenvalue weighted by atomic mass is 32.1. The molecule has 0 radical (unpaired) electrons. The minimum atomic E-state index is 1.06. The van der Waals surface area contributed by atoms with Gasteiger partial charge in [-0.15, -0.1) is 11.3 Å². The van der Waals surface area contributed by atoms with E-state index in [1.54, 1.807) is 11.3 Å². The summed E-state index contributed by atoms with van der Waals surface area (Å²) in [7, 11) is 0. The molecule has 1 N–H and O–H groups in total. The third-order valence-electron chi connectivity index (χ3n) is 1.05. The first-order valence-electron chi connectivity index (χ1n) is 2.33. The first kappa shape index (κ1) is 4.09. The van der Waals surface area contributed by atoms with Crippen molar-refractivity contribution in [3.05, 3.63) is 17.8 Å². The fourth-order valence-electron chi connectivity index (χ4n) is 0.678. The Kier molecular flexibility index (Phi) is 0.676. The van der Waals surface area contributed by atoms with E-state index in [0.29, 0.717) is 0 Å². The number of aromatic amines is 1. The molecule has 0 saturated carbocycles. The SMILES string of the molecule is c1cc2ncsc2[nH]1. The van der Waals surface area contributed by atoms with Crippen LogP contribution in [0.2, 0.25) is 0 Å². The molecule has 0 amide bonds. The number of rotatable bonds is 0. The van der Waals surface area contributed by atoms with Crippen molar-refractivity contribution in [1.82, 2.24) is 9.97 Å². The van der Waals surface area contributed by atoms with Gasteiger partial charge in [0.15, 0.2) is 0 Å². The lowest BCUT2D eigenvalue weighted by molar-refractivity contribution is 1.51. The Labute approximate surface area is 50.2 Å². The number of aromatic nitrogens is 2. The van der Waals surface area contributed by atoms with Gasteiger partial charge in [0.25, 0.3) is 0 Å². The van der Waals surface area contributed by atoms with Gasteiger partial charge in [-0.25, -0.2) is 4.98 Å². The predicted octanol–water partition coefficient (Wildman–Crippen LogP) is 1.62. The molecule has 2 aromatic heterocycles. The minimum absolute atomic E-state index is 1.06. The van der Waals surface area contributed by atoms with E-state index in [1.165, 1.54) is 0 Å². The molecule has 0 atom stereocenters. The quantitative estimate of drug-likeness (QED) is 0.568. The Balaban J connectivity index is 3.06. The van der Waals surface area contributed by atoms with Gasteiger partial charge in [0.05, 0.1) is 11.0 Å². The highest BCUT2D eigenvalue weighted by molar-refractivity contribution is 7.16. The van der Waals surface area contributed by atoms with Crippen LogP contribution in [0.1, 0.15) is 0 Å². The molecular weight excluding hydrogens is 120 g/mol. The summed E-state index contributed by atoms with van der Waals surface area (Å²) in [6.07, 6.45) is 1.90. The average molecular weight is 124 g/mol. The highest BCUT2D eigenvalue weighted by Gasteiger charge is 1.91. The smallest absolute Gasteiger partial charge is 0.120 e. The molecule has 3 heteroatoms. The van der Waals surface area contributed by atoms with Crippen molar-refractivity contribution in [2.45, 2.75) is 0 Å². The van der Waals surface area contributed by atoms with Crippen molar-refractivity contribution in [3.63, 3.8) is 0 Å². The number of hydrogen-bond acceptors (Lipinski definition) is 2. The number of hydrogen-bond donors (Lipinski definition) is 1. The molecule has 2 nitrogen and oxygen atoms in total. The van der Waals surface area contributed by atoms with Crippen molar-refractivity contribution < 1.29 is 0 Å². The standard InChI is InChI=1S/C5H4N2S/c1-2-6-5-4(1)7-3-8-5/h1-3,6H. The zero-order valence-corrected chi connectivity index (χ0v) is 4.90. The van der Waals surface area contributed by atoms with Crippen LogP contribution in [-0.4, -0.2) is 9.97 Å². The Morgan fingerprint density at radius 3 is 3.50 bits per heavy atom. The number of thiazole rings is 1. The summed E-state index contributed by atoms with van der Waals surface area (Å²) in [6, 6.07) is 1.96. The van der Waals surface area contributed by atoms with Gasteiger partial charge in [0, 0.05) is 6.20 Å². The van der Waals surface area contributed by atoms with Crippen LogP contribution in [0.4, 0.5) is 0 Å². The third kappa shape index (κ3) is 0.391. The maximum atomic E-state index is 4.07. The van der Waals surface area contributed by atoms with Crippen LogP contribution in [0, 0.1) is 0 Å². The fraction of sp³-hybridized carbons (Fsp3) is 0. The Hall–Kier alpha value is -0.830. The average Bonchev–Trinajstić information content (AvgIpc) is 2.15. The van der Waals surface area contributed by atoms with Gasteiger partial charge < -0.3 is 4.98 Å². The molecule has 40 valence electrons. The van der Waals surface area contributed by atoms with Crippen molar-refractivity contribution >= 4 is 21.7 Å². The monoisotopic (exact) mass is 124 g/mol. The van der Waals surface area contributed by atoms with Crippen LogP contribution in [0.25, 0.3) is 10.3 Å². The van der Waals surface area contributed by atoms with Crippen molar-refractivity contribution in [2.24, 2.45) is 0 Å². The van der Waals surface area contributed by atoms with E-state index in [9.17, 15) is 0 Å². The molecule has 8 heavy (non-hydrogen) atoms. The van der Waals surface area contributed by atoms with Crippen LogP contribution >= 0.6 is 11.3 Å². The van der Waals surface area contributed by atoms with Crippen LogP contribution in [-0.2, 0) is 0 Å². The van der Waals surface area contributed by atoms with Crippen molar-refractivity contribution in [3.8, 4) is 0 Å². The molecule has 2 aromatic rings. The molecule has 0 aliphatic carbocycles. The topological polar surface area (TPSA) is 28.7 Å². The zero-order chi connectivity index (χ0) is 5.40. The van der Waals surface area contributed by atoms with E-state index < -0.39 is 0 Å². The largest absolute Gasteiger partial charge is 0.352 e. The van der Waals surface area contributed by atoms with Gasteiger partial charge in [-0.05, 0) is 6.07 Å². The zero-order valence-electron chi connectivity index (χ0n) is 4.09. The first-order chi connectivity index (χ1) is 3.97. The fourth-order valence-corrected chi connectivity index (χ4v) is 1.33. The normalized spacial score (nSPS) is 10.5. The molecule has 0 fully saturated rings. The van der Waals surface area contributed by atoms with E-state index >= 15 is 0 Å². The third-order valence-corrected chi connectivity index (χ3v) is 1.82. The van der Waals surface area contributed by atoms with Gasteiger partial charge in [-0.1, -0.05) is 0 Å². The molecule has 0 aromatic carbocycles. The summed E-state index contributed by atoms with van der Waals surface area (Å²) < 4.78 is 0. The number of nitrogens with zero attached hydrogens (tertiary/aromatic N) is 1. The summed E-state index contributed by atoms with van der Waals surface area (Å²) in [5.74, 6) is 0. The van der Waals surface area contributed by atoms with E-state index in [2.05, 4.69) is 9.97 Å². The minimum Gasteiger partial charge on any atom is -0.352 e. The van der Waals surface area contributed by atoms with Crippen LogP contribution in [0.15, 0.2) is 17.8 Å². The first-order valence-corrected chi connectivity index (χ1v) is 3.21. The molecule has 0 aliphatic heterocycles. The highest BCUT2D eigenvalue weighted by Crippen LogP contribution is 2.13. The van der Waals surface area contributed by atoms with Gasteiger partial charge >= 0.3 is 0 Å². The van der Waals surface area contributed by atoms with E-state index in [-0.39, 0.29) is 0 Å². The van der Waals surface area contributed by atoms with E-state index in [4.69, 9.17) is 0 Å². The van der Waals surface area contributed by atoms with Crippen molar-refractivity contribution in [1.29, 1.82) is 0 Å².